The van der Waals surface area contributed by atoms with E-state index < -0.39 is 17.6 Å². The SMILES string of the molecule is O=C(O)[C@H]1C[C@]1(F)c1ccc2ccccc2c1. The van der Waals surface area contributed by atoms with Crippen LogP contribution in [-0.2, 0) is 10.5 Å². The summed E-state index contributed by atoms with van der Waals surface area (Å²) in [5, 5.41) is 10.8. The molecule has 0 saturated heterocycles. The molecule has 0 unspecified atom stereocenters. The first-order valence-electron chi connectivity index (χ1n) is 5.52. The van der Waals surface area contributed by atoms with Gasteiger partial charge in [-0.3, -0.25) is 4.79 Å². The highest BCUT2D eigenvalue weighted by Gasteiger charge is 2.61. The highest BCUT2D eigenvalue weighted by molar-refractivity contribution is 5.84. The van der Waals surface area contributed by atoms with E-state index in [1.807, 2.05) is 30.3 Å². The number of carboxylic acids is 1. The zero-order valence-corrected chi connectivity index (χ0v) is 9.06. The summed E-state index contributed by atoms with van der Waals surface area (Å²) in [5.74, 6) is -1.94. The minimum Gasteiger partial charge on any atom is -0.481 e. The van der Waals surface area contributed by atoms with Gasteiger partial charge < -0.3 is 5.11 Å². The molecular weight excluding hydrogens is 219 g/mol. The van der Waals surface area contributed by atoms with Crippen molar-refractivity contribution < 1.29 is 14.3 Å². The Kier molecular flexibility index (Phi) is 1.99. The maximum Gasteiger partial charge on any atom is 0.310 e. The zero-order valence-electron chi connectivity index (χ0n) is 9.06. The second-order valence-electron chi connectivity index (χ2n) is 4.52. The van der Waals surface area contributed by atoms with Crippen LogP contribution in [-0.4, -0.2) is 11.1 Å². The van der Waals surface area contributed by atoms with E-state index in [1.165, 1.54) is 0 Å². The van der Waals surface area contributed by atoms with Crippen molar-refractivity contribution in [1.82, 2.24) is 0 Å². The summed E-state index contributed by atoms with van der Waals surface area (Å²) in [7, 11) is 0. The Morgan fingerprint density at radius 2 is 1.94 bits per heavy atom. The van der Waals surface area contributed by atoms with Crippen molar-refractivity contribution in [2.24, 2.45) is 5.92 Å². The molecule has 2 aromatic rings. The number of carboxylic acid groups (broad SMARTS) is 1. The van der Waals surface area contributed by atoms with Gasteiger partial charge in [-0.05, 0) is 22.4 Å². The van der Waals surface area contributed by atoms with Gasteiger partial charge in [-0.1, -0.05) is 36.4 Å². The largest absolute Gasteiger partial charge is 0.481 e. The molecule has 0 heterocycles. The molecule has 3 heteroatoms. The first-order chi connectivity index (χ1) is 8.11. The fourth-order valence-corrected chi connectivity index (χ4v) is 2.29. The van der Waals surface area contributed by atoms with E-state index in [0.29, 0.717) is 5.56 Å². The normalized spacial score (nSPS) is 27.0. The van der Waals surface area contributed by atoms with Crippen molar-refractivity contribution in [3.63, 3.8) is 0 Å². The molecule has 2 nitrogen and oxygen atoms in total. The van der Waals surface area contributed by atoms with E-state index in [4.69, 9.17) is 5.11 Å². The third-order valence-corrected chi connectivity index (χ3v) is 3.42. The lowest BCUT2D eigenvalue weighted by Crippen LogP contribution is -2.09. The molecule has 0 spiro atoms. The first kappa shape index (κ1) is 10.3. The zero-order chi connectivity index (χ0) is 12.0. The summed E-state index contributed by atoms with van der Waals surface area (Å²) in [6, 6.07) is 12.9. The van der Waals surface area contributed by atoms with Gasteiger partial charge in [0, 0.05) is 6.42 Å². The number of halogens is 1. The van der Waals surface area contributed by atoms with Gasteiger partial charge in [0.2, 0.25) is 0 Å². The predicted molar refractivity (Wildman–Crippen MR) is 62.5 cm³/mol. The van der Waals surface area contributed by atoms with E-state index in [2.05, 4.69) is 0 Å². The Labute approximate surface area is 97.7 Å². The molecule has 1 saturated carbocycles. The number of fused-ring (bicyclic) bond motifs is 1. The van der Waals surface area contributed by atoms with Crippen molar-refractivity contribution in [1.29, 1.82) is 0 Å². The number of benzene rings is 2. The van der Waals surface area contributed by atoms with Crippen LogP contribution in [0, 0.1) is 5.92 Å². The summed E-state index contributed by atoms with van der Waals surface area (Å²) >= 11 is 0. The standard InChI is InChI=1S/C14H11FO2/c15-14(8-12(14)13(16)17)11-6-5-9-3-1-2-4-10(9)7-11/h1-7,12H,8H2,(H,16,17)/t12-,14+/m1/s1. The summed E-state index contributed by atoms with van der Waals surface area (Å²) in [6.45, 7) is 0. The molecule has 2 aromatic carbocycles. The third-order valence-electron chi connectivity index (χ3n) is 3.42. The number of carbonyl (C=O) groups is 1. The maximum atomic E-state index is 14.3. The number of alkyl halides is 1. The second kappa shape index (κ2) is 3.29. The molecule has 0 amide bonds. The van der Waals surface area contributed by atoms with Crippen LogP contribution in [0.5, 0.6) is 0 Å². The second-order valence-corrected chi connectivity index (χ2v) is 4.52. The Morgan fingerprint density at radius 1 is 1.24 bits per heavy atom. The van der Waals surface area contributed by atoms with E-state index in [-0.39, 0.29) is 6.42 Å². The van der Waals surface area contributed by atoms with Crippen LogP contribution >= 0.6 is 0 Å². The molecular formula is C14H11FO2. The Bertz CT molecular complexity index is 608. The van der Waals surface area contributed by atoms with Crippen molar-refractivity contribution in [3.05, 3.63) is 48.0 Å². The van der Waals surface area contributed by atoms with Crippen LogP contribution in [0.15, 0.2) is 42.5 Å². The van der Waals surface area contributed by atoms with E-state index >= 15 is 0 Å². The summed E-state index contributed by atoms with van der Waals surface area (Å²) in [4.78, 5) is 10.8. The molecule has 0 aromatic heterocycles. The van der Waals surface area contributed by atoms with Crippen LogP contribution < -0.4 is 0 Å². The average Bonchev–Trinajstić information content (AvgIpc) is 3.03. The molecule has 1 aliphatic carbocycles. The Hall–Kier alpha value is -1.90. The molecule has 17 heavy (non-hydrogen) atoms. The average molecular weight is 230 g/mol. The Balaban J connectivity index is 2.05. The summed E-state index contributed by atoms with van der Waals surface area (Å²) in [5.41, 5.74) is -1.20. The van der Waals surface area contributed by atoms with Crippen molar-refractivity contribution >= 4 is 16.7 Å². The lowest BCUT2D eigenvalue weighted by molar-refractivity contribution is -0.139. The van der Waals surface area contributed by atoms with Gasteiger partial charge in [-0.25, -0.2) is 4.39 Å². The third kappa shape index (κ3) is 1.50. The van der Waals surface area contributed by atoms with E-state index in [0.717, 1.165) is 10.8 Å². The van der Waals surface area contributed by atoms with E-state index in [1.54, 1.807) is 12.1 Å². The molecule has 0 aliphatic heterocycles. The fraction of sp³-hybridized carbons (Fsp3) is 0.214. The predicted octanol–water partition coefficient (Wildman–Crippen LogP) is 3.11. The lowest BCUT2D eigenvalue weighted by Gasteiger charge is -2.08. The molecule has 1 fully saturated rings. The lowest BCUT2D eigenvalue weighted by atomic mass is 10.0. The van der Waals surface area contributed by atoms with Crippen molar-refractivity contribution in [2.75, 3.05) is 0 Å². The highest BCUT2D eigenvalue weighted by Crippen LogP contribution is 2.56. The van der Waals surface area contributed by atoms with E-state index in [9.17, 15) is 9.18 Å². The molecule has 0 radical (unpaired) electrons. The van der Waals surface area contributed by atoms with Crippen LogP contribution in [0.3, 0.4) is 0 Å². The smallest absolute Gasteiger partial charge is 0.310 e. The molecule has 2 atom stereocenters. The minimum atomic E-state index is -1.67. The monoisotopic (exact) mass is 230 g/mol. The topological polar surface area (TPSA) is 37.3 Å². The highest BCUT2D eigenvalue weighted by atomic mass is 19.1. The van der Waals surface area contributed by atoms with Crippen LogP contribution in [0.2, 0.25) is 0 Å². The number of hydrogen-bond acceptors (Lipinski definition) is 1. The molecule has 1 aliphatic rings. The molecule has 86 valence electrons. The van der Waals surface area contributed by atoms with Gasteiger partial charge in [-0.15, -0.1) is 0 Å². The molecule has 1 N–H and O–H groups in total. The van der Waals surface area contributed by atoms with Crippen molar-refractivity contribution in [2.45, 2.75) is 12.1 Å². The number of hydrogen-bond donors (Lipinski definition) is 1. The van der Waals surface area contributed by atoms with Crippen molar-refractivity contribution in [3.8, 4) is 0 Å². The maximum absolute atomic E-state index is 14.3. The van der Waals surface area contributed by atoms with Crippen LogP contribution in [0.1, 0.15) is 12.0 Å². The van der Waals surface area contributed by atoms with Gasteiger partial charge in [0.05, 0.1) is 5.92 Å². The van der Waals surface area contributed by atoms with Crippen LogP contribution in [0.25, 0.3) is 10.8 Å². The number of rotatable bonds is 2. The molecule has 3 rings (SSSR count). The summed E-state index contributed by atoms with van der Waals surface area (Å²) in [6.07, 6.45) is 0.0840. The number of aliphatic carboxylic acids is 1. The van der Waals surface area contributed by atoms with Gasteiger partial charge in [0.1, 0.15) is 5.67 Å². The molecule has 0 bridgehead atoms. The van der Waals surface area contributed by atoms with Gasteiger partial charge in [0.15, 0.2) is 0 Å². The quantitative estimate of drug-likeness (QED) is 0.860. The summed E-state index contributed by atoms with van der Waals surface area (Å²) < 4.78 is 14.3. The minimum absolute atomic E-state index is 0.0840. The first-order valence-corrected chi connectivity index (χ1v) is 5.52. The van der Waals surface area contributed by atoms with Gasteiger partial charge in [-0.2, -0.15) is 0 Å². The fourth-order valence-electron chi connectivity index (χ4n) is 2.29. The van der Waals surface area contributed by atoms with Crippen LogP contribution in [0.4, 0.5) is 4.39 Å². The Morgan fingerprint density at radius 3 is 2.59 bits per heavy atom. The van der Waals surface area contributed by atoms with Gasteiger partial charge in [0.25, 0.3) is 0 Å². The van der Waals surface area contributed by atoms with Gasteiger partial charge >= 0.3 is 5.97 Å².